The number of fused-ring (bicyclic) bond motifs is 2. The Bertz CT molecular complexity index is 1880. The smallest absolute Gasteiger partial charge is 0.0496 e. The molecule has 0 radical (unpaired) electrons. The quantitative estimate of drug-likeness (QED) is 0.302. The third kappa shape index (κ3) is 5.79. The lowest BCUT2D eigenvalue weighted by atomic mass is 9.73. The molecule has 0 fully saturated rings. The van der Waals surface area contributed by atoms with Gasteiger partial charge in [-0.25, -0.2) is 0 Å². The number of hydrogen-bond donors (Lipinski definition) is 0. The van der Waals surface area contributed by atoms with Crippen molar-refractivity contribution in [1.82, 2.24) is 0 Å². The molecule has 0 saturated carbocycles. The molecule has 2 heteroatoms. The molecule has 0 bridgehead atoms. The SMILES string of the molecule is CC1=CC(N(C2=C3C=CC=CC3CC=C2)c2ccccc2)=CCC1C1C=CC(N(C2=C3C=CC=CC3CCC2)c2ccccc2)=CC1C. The Hall–Kier alpha value is -4.82. The van der Waals surface area contributed by atoms with Crippen LogP contribution in [0.25, 0.3) is 0 Å². The van der Waals surface area contributed by atoms with E-state index in [1.165, 1.54) is 63.7 Å². The lowest BCUT2D eigenvalue weighted by Gasteiger charge is -2.40. The molecule has 2 aromatic carbocycles. The van der Waals surface area contributed by atoms with Gasteiger partial charge in [0, 0.05) is 46.0 Å². The predicted octanol–water partition coefficient (Wildman–Crippen LogP) is 11.7. The van der Waals surface area contributed by atoms with Crippen LogP contribution in [0.2, 0.25) is 0 Å². The van der Waals surface area contributed by atoms with Gasteiger partial charge in [-0.15, -0.1) is 0 Å². The molecule has 0 aliphatic heterocycles. The third-order valence-corrected chi connectivity index (χ3v) is 11.1. The van der Waals surface area contributed by atoms with Crippen molar-refractivity contribution in [3.05, 3.63) is 191 Å². The summed E-state index contributed by atoms with van der Waals surface area (Å²) in [6.45, 7) is 4.78. The van der Waals surface area contributed by atoms with E-state index in [0.29, 0.717) is 29.6 Å². The Morgan fingerprint density at radius 2 is 1.38 bits per heavy atom. The van der Waals surface area contributed by atoms with Gasteiger partial charge in [0.15, 0.2) is 0 Å². The minimum atomic E-state index is 0.419. The number of hydrogen-bond acceptors (Lipinski definition) is 2. The first kappa shape index (κ1) is 30.5. The molecule has 2 aromatic rings. The molecule has 0 spiro atoms. The Morgan fingerprint density at radius 1 is 0.667 bits per heavy atom. The zero-order valence-electron chi connectivity index (χ0n) is 28.3. The fourth-order valence-electron chi connectivity index (χ4n) is 8.68. The van der Waals surface area contributed by atoms with Crippen LogP contribution in [0.1, 0.15) is 46.0 Å². The van der Waals surface area contributed by atoms with E-state index in [2.05, 4.69) is 175 Å². The van der Waals surface area contributed by atoms with E-state index in [1.54, 1.807) is 0 Å². The molecule has 0 heterocycles. The van der Waals surface area contributed by atoms with Gasteiger partial charge < -0.3 is 9.80 Å². The molecule has 48 heavy (non-hydrogen) atoms. The fourth-order valence-corrected chi connectivity index (χ4v) is 8.68. The van der Waals surface area contributed by atoms with Gasteiger partial charge in [-0.3, -0.25) is 0 Å². The van der Waals surface area contributed by atoms with Gasteiger partial charge >= 0.3 is 0 Å². The van der Waals surface area contributed by atoms with Gasteiger partial charge in [-0.05, 0) is 110 Å². The van der Waals surface area contributed by atoms with E-state index >= 15 is 0 Å². The Balaban J connectivity index is 1.09. The van der Waals surface area contributed by atoms with Crippen LogP contribution in [-0.2, 0) is 0 Å². The molecular formula is C46H46N2. The molecule has 5 atom stereocenters. The second-order valence-electron chi connectivity index (χ2n) is 14.1. The van der Waals surface area contributed by atoms with E-state index in [0.717, 1.165) is 19.3 Å². The van der Waals surface area contributed by atoms with Crippen molar-refractivity contribution >= 4 is 11.4 Å². The highest BCUT2D eigenvalue weighted by Gasteiger charge is 2.33. The first-order valence-electron chi connectivity index (χ1n) is 18.0. The maximum atomic E-state index is 2.56. The van der Waals surface area contributed by atoms with Crippen LogP contribution >= 0.6 is 0 Å². The summed E-state index contributed by atoms with van der Waals surface area (Å²) in [4.78, 5) is 5.04. The Morgan fingerprint density at radius 3 is 2.10 bits per heavy atom. The molecule has 0 aromatic heterocycles. The maximum absolute atomic E-state index is 2.56. The van der Waals surface area contributed by atoms with Crippen molar-refractivity contribution in [2.24, 2.45) is 29.6 Å². The Kier molecular flexibility index (Phi) is 8.49. The summed E-state index contributed by atoms with van der Waals surface area (Å²) in [6.07, 6.45) is 41.0. The largest absolute Gasteiger partial charge is 0.314 e. The third-order valence-electron chi connectivity index (χ3n) is 11.1. The molecule has 5 unspecified atom stereocenters. The number of nitrogens with zero attached hydrogens (tertiary/aromatic N) is 2. The van der Waals surface area contributed by atoms with Crippen LogP contribution in [0, 0.1) is 29.6 Å². The summed E-state index contributed by atoms with van der Waals surface area (Å²) in [5.41, 5.74) is 12.2. The molecule has 6 aliphatic carbocycles. The molecule has 0 saturated heterocycles. The molecule has 240 valence electrons. The monoisotopic (exact) mass is 626 g/mol. The number of para-hydroxylation sites is 2. The molecule has 8 rings (SSSR count). The highest BCUT2D eigenvalue weighted by atomic mass is 15.2. The first-order valence-corrected chi connectivity index (χ1v) is 18.0. The standard InChI is InChI=1S/C46H46N2/c1-33-31-39(47(37-19-5-3-6-20-37)45-25-13-17-35-15-9-11-23-43(35)45)27-29-41(33)42-30-28-40(32-34(42)2)48(38-21-7-4-8-22-38)46-26-14-18-36-16-10-12-24-44(36)46/h3-13,15-16,19-25,27-28,30-32,34-36,41-42H,14,17-18,26,29H2,1-2H3. The summed E-state index contributed by atoms with van der Waals surface area (Å²) in [6, 6.07) is 21.9. The zero-order valence-corrected chi connectivity index (χ0v) is 28.3. The molecule has 2 nitrogen and oxygen atoms in total. The minimum absolute atomic E-state index is 0.419. The average molecular weight is 627 g/mol. The van der Waals surface area contributed by atoms with Crippen LogP contribution in [0.15, 0.2) is 191 Å². The highest BCUT2D eigenvalue weighted by Crippen LogP contribution is 2.44. The number of anilines is 2. The number of rotatable bonds is 7. The summed E-state index contributed by atoms with van der Waals surface area (Å²) < 4.78 is 0. The molecule has 0 N–H and O–H groups in total. The molecule has 0 amide bonds. The van der Waals surface area contributed by atoms with Gasteiger partial charge in [-0.2, -0.15) is 0 Å². The Labute approximate surface area is 287 Å². The summed E-state index contributed by atoms with van der Waals surface area (Å²) >= 11 is 0. The van der Waals surface area contributed by atoms with Crippen LogP contribution in [0.4, 0.5) is 11.4 Å². The average Bonchev–Trinajstić information content (AvgIpc) is 3.13. The van der Waals surface area contributed by atoms with Crippen molar-refractivity contribution in [2.45, 2.75) is 46.0 Å². The second kappa shape index (κ2) is 13.4. The summed E-state index contributed by atoms with van der Waals surface area (Å²) in [5, 5.41) is 0. The van der Waals surface area contributed by atoms with E-state index < -0.39 is 0 Å². The topological polar surface area (TPSA) is 6.48 Å². The first-order chi connectivity index (χ1) is 23.7. The summed E-state index contributed by atoms with van der Waals surface area (Å²) in [7, 11) is 0. The molecule has 6 aliphatic rings. The van der Waals surface area contributed by atoms with E-state index in [4.69, 9.17) is 0 Å². The highest BCUT2D eigenvalue weighted by molar-refractivity contribution is 5.67. The van der Waals surface area contributed by atoms with Gasteiger partial charge in [0.1, 0.15) is 0 Å². The maximum Gasteiger partial charge on any atom is 0.0496 e. The van der Waals surface area contributed by atoms with Crippen LogP contribution in [-0.4, -0.2) is 0 Å². The predicted molar refractivity (Wildman–Crippen MR) is 203 cm³/mol. The van der Waals surface area contributed by atoms with Gasteiger partial charge in [0.05, 0.1) is 0 Å². The van der Waals surface area contributed by atoms with Gasteiger partial charge in [-0.1, -0.05) is 122 Å². The van der Waals surface area contributed by atoms with Gasteiger partial charge in [0.25, 0.3) is 0 Å². The van der Waals surface area contributed by atoms with Gasteiger partial charge in [0.2, 0.25) is 0 Å². The minimum Gasteiger partial charge on any atom is -0.314 e. The lowest BCUT2D eigenvalue weighted by molar-refractivity contribution is 0.370. The fraction of sp³-hybridized carbons (Fsp3) is 0.261. The van der Waals surface area contributed by atoms with E-state index in [9.17, 15) is 0 Å². The summed E-state index contributed by atoms with van der Waals surface area (Å²) in [5.74, 6) is 2.30. The van der Waals surface area contributed by atoms with Crippen molar-refractivity contribution in [2.75, 3.05) is 9.80 Å². The van der Waals surface area contributed by atoms with Crippen LogP contribution in [0.3, 0.4) is 0 Å². The van der Waals surface area contributed by atoms with E-state index in [-0.39, 0.29) is 0 Å². The number of allylic oxidation sites excluding steroid dienone is 19. The van der Waals surface area contributed by atoms with Crippen molar-refractivity contribution in [3.63, 3.8) is 0 Å². The normalized spacial score (nSPS) is 27.3. The van der Waals surface area contributed by atoms with Crippen molar-refractivity contribution in [3.8, 4) is 0 Å². The molecular weight excluding hydrogens is 581 g/mol. The van der Waals surface area contributed by atoms with E-state index in [1.807, 2.05) is 0 Å². The zero-order chi connectivity index (χ0) is 32.5. The number of benzene rings is 2. The van der Waals surface area contributed by atoms with Crippen LogP contribution in [0.5, 0.6) is 0 Å². The lowest BCUT2D eigenvalue weighted by Crippen LogP contribution is -2.31. The van der Waals surface area contributed by atoms with Crippen LogP contribution < -0.4 is 9.80 Å². The second-order valence-corrected chi connectivity index (χ2v) is 14.1. The van der Waals surface area contributed by atoms with Crippen molar-refractivity contribution < 1.29 is 0 Å². The van der Waals surface area contributed by atoms with Crippen molar-refractivity contribution in [1.29, 1.82) is 0 Å².